The van der Waals surface area contributed by atoms with Gasteiger partial charge < -0.3 is 24.8 Å². The van der Waals surface area contributed by atoms with E-state index in [1.54, 1.807) is 18.2 Å². The highest BCUT2D eigenvalue weighted by Crippen LogP contribution is 2.28. The van der Waals surface area contributed by atoms with Crippen LogP contribution in [0.3, 0.4) is 0 Å². The molecule has 0 spiro atoms. The van der Waals surface area contributed by atoms with Crippen LogP contribution in [0, 0.1) is 0 Å². The van der Waals surface area contributed by atoms with E-state index >= 15 is 0 Å². The van der Waals surface area contributed by atoms with Crippen LogP contribution in [-0.2, 0) is 14.3 Å². The van der Waals surface area contributed by atoms with E-state index < -0.39 is 11.8 Å². The third kappa shape index (κ3) is 4.43. The summed E-state index contributed by atoms with van der Waals surface area (Å²) in [6.45, 7) is 0.605. The molecule has 0 bridgehead atoms. The average Bonchev–Trinajstić information content (AvgIpc) is 2.47. The smallest absolute Gasteiger partial charge is 0.313 e. The van der Waals surface area contributed by atoms with Crippen molar-refractivity contribution in [2.45, 2.75) is 0 Å². The van der Waals surface area contributed by atoms with E-state index in [2.05, 4.69) is 10.6 Å². The van der Waals surface area contributed by atoms with Crippen LogP contribution < -0.4 is 20.1 Å². The first kappa shape index (κ1) is 15.8. The highest BCUT2D eigenvalue weighted by molar-refractivity contribution is 6.39. The Morgan fingerprint density at radius 3 is 2.45 bits per heavy atom. The highest BCUT2D eigenvalue weighted by Gasteiger charge is 2.15. The molecule has 0 aromatic heterocycles. The zero-order valence-corrected chi connectivity index (χ0v) is 11.7. The van der Waals surface area contributed by atoms with Crippen molar-refractivity contribution in [2.24, 2.45) is 0 Å². The van der Waals surface area contributed by atoms with Crippen molar-refractivity contribution in [2.75, 3.05) is 39.8 Å². The van der Waals surface area contributed by atoms with E-state index in [-0.39, 0.29) is 6.54 Å². The molecule has 0 aliphatic carbocycles. The average molecular weight is 282 g/mol. The van der Waals surface area contributed by atoms with Gasteiger partial charge in [0.1, 0.15) is 11.5 Å². The third-order valence-electron chi connectivity index (χ3n) is 2.45. The van der Waals surface area contributed by atoms with Crippen LogP contribution in [0.1, 0.15) is 0 Å². The summed E-state index contributed by atoms with van der Waals surface area (Å²) in [7, 11) is 4.49. The van der Waals surface area contributed by atoms with Crippen molar-refractivity contribution in [1.29, 1.82) is 0 Å². The number of hydrogen-bond donors (Lipinski definition) is 2. The SMILES string of the molecule is COCCNC(=O)C(=O)Nc1ccc(OC)cc1OC. The first-order valence-electron chi connectivity index (χ1n) is 5.92. The molecule has 0 unspecified atom stereocenters. The number of rotatable bonds is 6. The summed E-state index contributed by atoms with van der Waals surface area (Å²) < 4.78 is 14.9. The number of carbonyl (C=O) groups excluding carboxylic acids is 2. The minimum Gasteiger partial charge on any atom is -0.497 e. The van der Waals surface area contributed by atoms with Crippen LogP contribution >= 0.6 is 0 Å². The Morgan fingerprint density at radius 2 is 1.85 bits per heavy atom. The molecule has 2 amide bonds. The summed E-state index contributed by atoms with van der Waals surface area (Å²) in [5.41, 5.74) is 0.389. The van der Waals surface area contributed by atoms with E-state index in [1.807, 2.05) is 0 Å². The van der Waals surface area contributed by atoms with Gasteiger partial charge in [0, 0.05) is 19.7 Å². The summed E-state index contributed by atoms with van der Waals surface area (Å²) in [4.78, 5) is 23.2. The summed E-state index contributed by atoms with van der Waals surface area (Å²) >= 11 is 0. The third-order valence-corrected chi connectivity index (χ3v) is 2.45. The van der Waals surface area contributed by atoms with Gasteiger partial charge in [-0.2, -0.15) is 0 Å². The fraction of sp³-hybridized carbons (Fsp3) is 0.385. The van der Waals surface area contributed by atoms with Crippen molar-refractivity contribution in [3.05, 3.63) is 18.2 Å². The lowest BCUT2D eigenvalue weighted by Gasteiger charge is -2.11. The van der Waals surface area contributed by atoms with Crippen molar-refractivity contribution < 1.29 is 23.8 Å². The summed E-state index contributed by atoms with van der Waals surface area (Å²) in [6, 6.07) is 4.86. The maximum absolute atomic E-state index is 11.7. The fourth-order valence-electron chi connectivity index (χ4n) is 1.43. The monoisotopic (exact) mass is 282 g/mol. The van der Waals surface area contributed by atoms with Gasteiger partial charge in [-0.1, -0.05) is 0 Å². The van der Waals surface area contributed by atoms with Gasteiger partial charge in [0.15, 0.2) is 0 Å². The van der Waals surface area contributed by atoms with Crippen LogP contribution in [0.5, 0.6) is 11.5 Å². The standard InChI is InChI=1S/C13H18N2O5/c1-18-7-6-14-12(16)13(17)15-10-5-4-9(19-2)8-11(10)20-3/h4-5,8H,6-7H2,1-3H3,(H,14,16)(H,15,17). The van der Waals surface area contributed by atoms with E-state index in [4.69, 9.17) is 14.2 Å². The molecule has 0 saturated heterocycles. The summed E-state index contributed by atoms with van der Waals surface area (Å²) in [5.74, 6) is -0.517. The lowest BCUT2D eigenvalue weighted by atomic mass is 10.2. The van der Waals surface area contributed by atoms with Crippen LogP contribution in [0.15, 0.2) is 18.2 Å². The van der Waals surface area contributed by atoms with Crippen molar-refractivity contribution in [1.82, 2.24) is 5.32 Å². The molecule has 0 atom stereocenters. The van der Waals surface area contributed by atoms with E-state index in [1.165, 1.54) is 21.3 Å². The Kier molecular flexibility index (Phi) is 6.31. The minimum atomic E-state index is -0.774. The lowest BCUT2D eigenvalue weighted by Crippen LogP contribution is -2.37. The molecule has 7 nitrogen and oxygen atoms in total. The number of ether oxygens (including phenoxy) is 3. The van der Waals surface area contributed by atoms with Crippen LogP contribution in [0.25, 0.3) is 0 Å². The Hall–Kier alpha value is -2.28. The van der Waals surface area contributed by atoms with Gasteiger partial charge in [-0.05, 0) is 12.1 Å². The van der Waals surface area contributed by atoms with E-state index in [0.29, 0.717) is 23.8 Å². The van der Waals surface area contributed by atoms with Crippen LogP contribution in [0.2, 0.25) is 0 Å². The Bertz CT molecular complexity index is 476. The largest absolute Gasteiger partial charge is 0.497 e. The maximum Gasteiger partial charge on any atom is 0.313 e. The second-order valence-corrected chi connectivity index (χ2v) is 3.77. The number of methoxy groups -OCH3 is 3. The second-order valence-electron chi connectivity index (χ2n) is 3.77. The first-order chi connectivity index (χ1) is 9.62. The number of benzene rings is 1. The molecule has 20 heavy (non-hydrogen) atoms. The van der Waals surface area contributed by atoms with Gasteiger partial charge in [0.2, 0.25) is 0 Å². The lowest BCUT2D eigenvalue weighted by molar-refractivity contribution is -0.136. The molecule has 1 rings (SSSR count). The molecule has 0 aliphatic rings. The number of nitrogens with one attached hydrogen (secondary N) is 2. The van der Waals surface area contributed by atoms with Crippen molar-refractivity contribution in [3.8, 4) is 11.5 Å². The molecule has 0 radical (unpaired) electrons. The molecule has 7 heteroatoms. The van der Waals surface area contributed by atoms with Gasteiger partial charge in [0.25, 0.3) is 0 Å². The first-order valence-corrected chi connectivity index (χ1v) is 5.92. The molecule has 0 fully saturated rings. The van der Waals surface area contributed by atoms with Crippen molar-refractivity contribution in [3.63, 3.8) is 0 Å². The Labute approximate surface area is 117 Å². The molecular formula is C13H18N2O5. The number of anilines is 1. The molecule has 0 aliphatic heterocycles. The quantitative estimate of drug-likeness (QED) is 0.583. The number of carbonyl (C=O) groups is 2. The van der Waals surface area contributed by atoms with Crippen LogP contribution in [-0.4, -0.2) is 46.3 Å². The normalized spacial score (nSPS) is 9.75. The van der Waals surface area contributed by atoms with Gasteiger partial charge in [0.05, 0.1) is 26.5 Å². The predicted octanol–water partition coefficient (Wildman–Crippen LogP) is 0.405. The maximum atomic E-state index is 11.7. The topological polar surface area (TPSA) is 85.9 Å². The van der Waals surface area contributed by atoms with Gasteiger partial charge in [-0.3, -0.25) is 9.59 Å². The Balaban J connectivity index is 2.67. The minimum absolute atomic E-state index is 0.266. The number of hydrogen-bond acceptors (Lipinski definition) is 5. The van der Waals surface area contributed by atoms with Crippen LogP contribution in [0.4, 0.5) is 5.69 Å². The zero-order chi connectivity index (χ0) is 15.0. The summed E-state index contributed by atoms with van der Waals surface area (Å²) in [5, 5.41) is 4.89. The van der Waals surface area contributed by atoms with E-state index in [9.17, 15) is 9.59 Å². The van der Waals surface area contributed by atoms with Gasteiger partial charge >= 0.3 is 11.8 Å². The molecule has 1 aromatic carbocycles. The highest BCUT2D eigenvalue weighted by atomic mass is 16.5. The Morgan fingerprint density at radius 1 is 1.10 bits per heavy atom. The molecule has 0 heterocycles. The fourth-order valence-corrected chi connectivity index (χ4v) is 1.43. The zero-order valence-electron chi connectivity index (χ0n) is 11.7. The molecular weight excluding hydrogens is 264 g/mol. The van der Waals surface area contributed by atoms with Crippen molar-refractivity contribution >= 4 is 17.5 Å². The molecule has 2 N–H and O–H groups in total. The van der Waals surface area contributed by atoms with E-state index in [0.717, 1.165) is 0 Å². The molecule has 1 aromatic rings. The molecule has 110 valence electrons. The molecule has 0 saturated carbocycles. The second kappa shape index (κ2) is 8.00. The summed E-state index contributed by atoms with van der Waals surface area (Å²) in [6.07, 6.45) is 0. The number of amides is 2. The van der Waals surface area contributed by atoms with Gasteiger partial charge in [-0.25, -0.2) is 0 Å². The van der Waals surface area contributed by atoms with Gasteiger partial charge in [-0.15, -0.1) is 0 Å². The predicted molar refractivity (Wildman–Crippen MR) is 73.1 cm³/mol.